The standard InChI is InChI=1S/C59H40N2/c1-4-20-45(21-5-1)59(46-22-6-2-7-23-46)55-29-14-12-27-51(55)54-40-50(34-36-56(54)59)60(47-24-8-3-9-25-47)48-26-16-19-43(38-48)44-32-35-53-52-28-13-15-30-57(52)61(58(53)39-44)49-33-31-41-17-10-11-18-42(41)37-49/h1-40H. The molecule has 11 aromatic rings. The Morgan fingerprint density at radius 1 is 0.328 bits per heavy atom. The van der Waals surface area contributed by atoms with Gasteiger partial charge in [-0.3, -0.25) is 0 Å². The zero-order valence-electron chi connectivity index (χ0n) is 33.5. The molecule has 1 aromatic heterocycles. The van der Waals surface area contributed by atoms with Crippen molar-refractivity contribution in [3.8, 4) is 27.9 Å². The third kappa shape index (κ3) is 5.50. The van der Waals surface area contributed by atoms with Gasteiger partial charge < -0.3 is 9.47 Å². The van der Waals surface area contributed by atoms with E-state index in [1.54, 1.807) is 0 Å². The number of nitrogens with zero attached hydrogens (tertiary/aromatic N) is 2. The van der Waals surface area contributed by atoms with Crippen molar-refractivity contribution < 1.29 is 0 Å². The molecule has 2 nitrogen and oxygen atoms in total. The van der Waals surface area contributed by atoms with E-state index in [0.717, 1.165) is 28.3 Å². The molecule has 61 heavy (non-hydrogen) atoms. The van der Waals surface area contributed by atoms with Crippen LogP contribution < -0.4 is 4.90 Å². The smallest absolute Gasteiger partial charge is 0.0713 e. The number of hydrogen-bond acceptors (Lipinski definition) is 1. The summed E-state index contributed by atoms with van der Waals surface area (Å²) in [5.41, 5.74) is 16.4. The Labute approximate surface area is 355 Å². The van der Waals surface area contributed by atoms with Crippen molar-refractivity contribution in [2.75, 3.05) is 4.90 Å². The van der Waals surface area contributed by atoms with Crippen LogP contribution >= 0.6 is 0 Å². The second-order valence-electron chi connectivity index (χ2n) is 16.1. The van der Waals surface area contributed by atoms with Gasteiger partial charge in [-0.1, -0.05) is 182 Å². The Morgan fingerprint density at radius 3 is 1.74 bits per heavy atom. The van der Waals surface area contributed by atoms with Crippen LogP contribution in [0.4, 0.5) is 17.1 Å². The highest BCUT2D eigenvalue weighted by Gasteiger charge is 2.46. The van der Waals surface area contributed by atoms with Crippen LogP contribution in [0.25, 0.3) is 60.5 Å². The molecule has 1 heterocycles. The van der Waals surface area contributed by atoms with Crippen molar-refractivity contribution in [3.63, 3.8) is 0 Å². The number of rotatable bonds is 7. The average molecular weight is 777 g/mol. The summed E-state index contributed by atoms with van der Waals surface area (Å²) in [5.74, 6) is 0. The minimum Gasteiger partial charge on any atom is -0.310 e. The van der Waals surface area contributed by atoms with Gasteiger partial charge in [0.1, 0.15) is 0 Å². The first kappa shape index (κ1) is 35.0. The highest BCUT2D eigenvalue weighted by atomic mass is 15.1. The van der Waals surface area contributed by atoms with Crippen molar-refractivity contribution in [3.05, 3.63) is 265 Å². The summed E-state index contributed by atoms with van der Waals surface area (Å²) in [4.78, 5) is 2.40. The van der Waals surface area contributed by atoms with Crippen LogP contribution in [0.2, 0.25) is 0 Å². The lowest BCUT2D eigenvalue weighted by Crippen LogP contribution is -2.28. The van der Waals surface area contributed by atoms with Crippen LogP contribution in [-0.4, -0.2) is 4.57 Å². The van der Waals surface area contributed by atoms with Gasteiger partial charge in [0.05, 0.1) is 16.4 Å². The summed E-state index contributed by atoms with van der Waals surface area (Å²) in [7, 11) is 0. The van der Waals surface area contributed by atoms with Gasteiger partial charge in [0.2, 0.25) is 0 Å². The molecule has 286 valence electrons. The number of aromatic nitrogens is 1. The van der Waals surface area contributed by atoms with Gasteiger partial charge in [0, 0.05) is 33.5 Å². The number of hydrogen-bond donors (Lipinski definition) is 0. The zero-order valence-corrected chi connectivity index (χ0v) is 33.5. The van der Waals surface area contributed by atoms with E-state index in [1.807, 2.05) is 0 Å². The lowest BCUT2D eigenvalue weighted by molar-refractivity contribution is 0.768. The van der Waals surface area contributed by atoms with Gasteiger partial charge in [-0.15, -0.1) is 0 Å². The highest BCUT2D eigenvalue weighted by Crippen LogP contribution is 2.57. The minimum atomic E-state index is -0.446. The molecule has 0 aliphatic heterocycles. The van der Waals surface area contributed by atoms with E-state index in [-0.39, 0.29) is 0 Å². The van der Waals surface area contributed by atoms with Crippen LogP contribution in [0, 0.1) is 0 Å². The summed E-state index contributed by atoms with van der Waals surface area (Å²) in [5, 5.41) is 4.97. The van der Waals surface area contributed by atoms with E-state index < -0.39 is 5.41 Å². The molecule has 0 bridgehead atoms. The first-order chi connectivity index (χ1) is 30.3. The van der Waals surface area contributed by atoms with Gasteiger partial charge in [-0.2, -0.15) is 0 Å². The Bertz CT molecular complexity index is 3380. The van der Waals surface area contributed by atoms with Gasteiger partial charge >= 0.3 is 0 Å². The molecule has 1 aliphatic carbocycles. The van der Waals surface area contributed by atoms with Crippen LogP contribution in [0.15, 0.2) is 243 Å². The summed E-state index contributed by atoms with van der Waals surface area (Å²) in [6.07, 6.45) is 0. The van der Waals surface area contributed by atoms with E-state index in [4.69, 9.17) is 0 Å². The van der Waals surface area contributed by atoms with E-state index >= 15 is 0 Å². The quantitative estimate of drug-likeness (QED) is 0.156. The second-order valence-corrected chi connectivity index (χ2v) is 16.1. The predicted molar refractivity (Wildman–Crippen MR) is 256 cm³/mol. The van der Waals surface area contributed by atoms with Gasteiger partial charge in [-0.05, 0) is 116 Å². The average Bonchev–Trinajstić information content (AvgIpc) is 3.83. The molecule has 0 fully saturated rings. The number of anilines is 3. The molecule has 2 heteroatoms. The van der Waals surface area contributed by atoms with E-state index in [1.165, 1.54) is 71.5 Å². The molecule has 0 N–H and O–H groups in total. The van der Waals surface area contributed by atoms with Crippen molar-refractivity contribution in [2.45, 2.75) is 5.41 Å². The predicted octanol–water partition coefficient (Wildman–Crippen LogP) is 15.4. The molecular weight excluding hydrogens is 737 g/mol. The summed E-state index contributed by atoms with van der Waals surface area (Å²) in [6.45, 7) is 0. The fraction of sp³-hybridized carbons (Fsp3) is 0.0169. The fourth-order valence-electron chi connectivity index (χ4n) is 10.2. The molecule has 10 aromatic carbocycles. The summed E-state index contributed by atoms with van der Waals surface area (Å²) in [6, 6.07) is 89.0. The molecule has 0 saturated carbocycles. The maximum absolute atomic E-state index is 2.42. The first-order valence-electron chi connectivity index (χ1n) is 21.1. The fourth-order valence-corrected chi connectivity index (χ4v) is 10.2. The molecule has 0 spiro atoms. The Kier molecular flexibility index (Phi) is 8.11. The first-order valence-corrected chi connectivity index (χ1v) is 21.1. The maximum atomic E-state index is 2.42. The highest BCUT2D eigenvalue weighted by molar-refractivity contribution is 6.10. The minimum absolute atomic E-state index is 0.446. The summed E-state index contributed by atoms with van der Waals surface area (Å²) < 4.78 is 2.42. The largest absolute Gasteiger partial charge is 0.310 e. The van der Waals surface area contributed by atoms with E-state index in [9.17, 15) is 0 Å². The summed E-state index contributed by atoms with van der Waals surface area (Å²) >= 11 is 0. The number of para-hydroxylation sites is 2. The molecule has 0 atom stereocenters. The van der Waals surface area contributed by atoms with Crippen LogP contribution in [0.1, 0.15) is 22.3 Å². The molecule has 0 radical (unpaired) electrons. The SMILES string of the molecule is c1ccc(N(c2cccc(-c3ccc4c5ccccc5n(-c5ccc6ccccc6c5)c4c3)c2)c2ccc3c(c2)-c2ccccc2C3(c2ccccc2)c2ccccc2)cc1. The van der Waals surface area contributed by atoms with Gasteiger partial charge in [0.15, 0.2) is 0 Å². The molecule has 0 saturated heterocycles. The van der Waals surface area contributed by atoms with Crippen LogP contribution in [0.5, 0.6) is 0 Å². The Balaban J connectivity index is 1.02. The normalized spacial score (nSPS) is 12.7. The van der Waals surface area contributed by atoms with Crippen molar-refractivity contribution in [1.82, 2.24) is 4.57 Å². The molecule has 0 amide bonds. The van der Waals surface area contributed by atoms with Gasteiger partial charge in [-0.25, -0.2) is 0 Å². The molecular formula is C59H40N2. The molecule has 12 rings (SSSR count). The van der Waals surface area contributed by atoms with Crippen molar-refractivity contribution in [2.24, 2.45) is 0 Å². The lowest BCUT2D eigenvalue weighted by atomic mass is 9.68. The second kappa shape index (κ2) is 14.1. The van der Waals surface area contributed by atoms with E-state index in [2.05, 4.69) is 252 Å². The zero-order chi connectivity index (χ0) is 40.3. The van der Waals surface area contributed by atoms with Crippen molar-refractivity contribution >= 4 is 49.6 Å². The van der Waals surface area contributed by atoms with Crippen LogP contribution in [-0.2, 0) is 5.41 Å². The van der Waals surface area contributed by atoms with E-state index in [0.29, 0.717) is 0 Å². The third-order valence-corrected chi connectivity index (χ3v) is 12.8. The lowest BCUT2D eigenvalue weighted by Gasteiger charge is -2.34. The van der Waals surface area contributed by atoms with Gasteiger partial charge in [0.25, 0.3) is 0 Å². The third-order valence-electron chi connectivity index (χ3n) is 12.8. The van der Waals surface area contributed by atoms with Crippen LogP contribution in [0.3, 0.4) is 0 Å². The van der Waals surface area contributed by atoms with Crippen molar-refractivity contribution in [1.29, 1.82) is 0 Å². The molecule has 0 unspecified atom stereocenters. The number of fused-ring (bicyclic) bond motifs is 7. The molecule has 1 aliphatic rings. The Hall–Kier alpha value is -7.94. The number of benzene rings is 10. The monoisotopic (exact) mass is 776 g/mol. The maximum Gasteiger partial charge on any atom is 0.0713 e. The topological polar surface area (TPSA) is 8.17 Å². The Morgan fingerprint density at radius 2 is 0.934 bits per heavy atom.